The summed E-state index contributed by atoms with van der Waals surface area (Å²) in [6, 6.07) is 9.37. The number of benzene rings is 1. The molecular weight excluding hydrogens is 450 g/mol. The number of hydrogen-bond donors (Lipinski definition) is 4. The number of aryl methyl sites for hydroxylation is 1. The first-order chi connectivity index (χ1) is 17.8. The second-order valence-corrected chi connectivity index (χ2v) is 10.3. The Labute approximate surface area is 214 Å². The second-order valence-electron chi connectivity index (χ2n) is 10.3. The molecule has 1 aromatic carbocycles. The highest BCUT2D eigenvalue weighted by Gasteiger charge is 2.16. The van der Waals surface area contributed by atoms with Crippen LogP contribution in [-0.2, 0) is 13.1 Å². The highest BCUT2D eigenvalue weighted by atomic mass is 15.4. The van der Waals surface area contributed by atoms with Crippen molar-refractivity contribution in [2.45, 2.75) is 89.4 Å². The van der Waals surface area contributed by atoms with Crippen molar-refractivity contribution >= 4 is 22.7 Å². The van der Waals surface area contributed by atoms with Gasteiger partial charge in [-0.15, -0.1) is 5.10 Å². The maximum atomic E-state index is 4.81. The zero-order chi connectivity index (χ0) is 24.4. The minimum Gasteiger partial charge on any atom is -0.367 e. The zero-order valence-corrected chi connectivity index (χ0v) is 21.4. The van der Waals surface area contributed by atoms with E-state index in [-0.39, 0.29) is 0 Å². The van der Waals surface area contributed by atoms with E-state index in [1.807, 2.05) is 29.1 Å². The summed E-state index contributed by atoms with van der Waals surface area (Å²) in [5, 5.41) is 23.9. The smallest absolute Gasteiger partial charge is 0.225 e. The van der Waals surface area contributed by atoms with Crippen LogP contribution in [0, 0.1) is 0 Å². The van der Waals surface area contributed by atoms with Gasteiger partial charge in [-0.1, -0.05) is 43.0 Å². The van der Waals surface area contributed by atoms with E-state index >= 15 is 0 Å². The minimum atomic E-state index is 0.431. The first-order valence-corrected chi connectivity index (χ1v) is 13.9. The van der Waals surface area contributed by atoms with Crippen molar-refractivity contribution in [3.8, 4) is 0 Å². The molecule has 2 aliphatic rings. The summed E-state index contributed by atoms with van der Waals surface area (Å²) in [7, 11) is 0. The van der Waals surface area contributed by atoms with E-state index in [2.05, 4.69) is 37.6 Å². The predicted octanol–water partition coefficient (Wildman–Crippen LogP) is 4.09. The molecule has 0 radical (unpaired) electrons. The van der Waals surface area contributed by atoms with E-state index in [1.54, 1.807) is 0 Å². The molecule has 2 fully saturated rings. The average molecular weight is 492 g/mol. The van der Waals surface area contributed by atoms with Gasteiger partial charge < -0.3 is 21.3 Å². The monoisotopic (exact) mass is 491 g/mol. The molecule has 194 valence electrons. The van der Waals surface area contributed by atoms with E-state index < -0.39 is 0 Å². The summed E-state index contributed by atoms with van der Waals surface area (Å²) in [5.41, 5.74) is 1.84. The van der Waals surface area contributed by atoms with E-state index in [4.69, 9.17) is 9.97 Å². The van der Waals surface area contributed by atoms with Gasteiger partial charge in [0, 0.05) is 24.0 Å². The van der Waals surface area contributed by atoms with Crippen molar-refractivity contribution in [2.75, 3.05) is 30.3 Å². The number of nitrogens with one attached hydrogen (secondary N) is 4. The molecule has 0 spiro atoms. The van der Waals surface area contributed by atoms with Crippen molar-refractivity contribution in [2.24, 2.45) is 0 Å². The Bertz CT molecular complexity index is 1070. The lowest BCUT2D eigenvalue weighted by atomic mass is 9.95. The van der Waals surface area contributed by atoms with Crippen LogP contribution in [0.5, 0.6) is 0 Å². The van der Waals surface area contributed by atoms with Crippen molar-refractivity contribution in [3.63, 3.8) is 0 Å². The average Bonchev–Trinajstić information content (AvgIpc) is 3.38. The van der Waals surface area contributed by atoms with Crippen LogP contribution >= 0.6 is 0 Å². The molecule has 9 nitrogen and oxygen atoms in total. The Hall–Kier alpha value is -2.78. The Morgan fingerprint density at radius 1 is 0.917 bits per heavy atom. The third-order valence-electron chi connectivity index (χ3n) is 7.40. The quantitative estimate of drug-likeness (QED) is 0.281. The lowest BCUT2D eigenvalue weighted by Crippen LogP contribution is -2.35. The second kappa shape index (κ2) is 13.0. The molecule has 0 amide bonds. The summed E-state index contributed by atoms with van der Waals surface area (Å²) in [4.78, 5) is 9.54. The van der Waals surface area contributed by atoms with Crippen LogP contribution in [0.25, 0.3) is 10.9 Å². The predicted molar refractivity (Wildman–Crippen MR) is 145 cm³/mol. The lowest BCUT2D eigenvalue weighted by Gasteiger charge is -2.25. The van der Waals surface area contributed by atoms with E-state index in [0.717, 1.165) is 73.9 Å². The largest absolute Gasteiger partial charge is 0.367 e. The van der Waals surface area contributed by atoms with Crippen LogP contribution in [-0.4, -0.2) is 56.7 Å². The summed E-state index contributed by atoms with van der Waals surface area (Å²) in [6.45, 7) is 4.68. The SMILES string of the molecule is c1ccc2c(NC3CCNCC3)nc(NCc3cn(CCCCCNC4CCCCC4)nn3)nc2c1. The third-order valence-corrected chi connectivity index (χ3v) is 7.40. The highest BCUT2D eigenvalue weighted by Crippen LogP contribution is 2.24. The molecule has 1 saturated carbocycles. The molecule has 1 saturated heterocycles. The van der Waals surface area contributed by atoms with Crippen molar-refractivity contribution in [1.29, 1.82) is 0 Å². The number of para-hydroxylation sites is 1. The van der Waals surface area contributed by atoms with E-state index in [9.17, 15) is 0 Å². The molecular formula is C27H41N9. The van der Waals surface area contributed by atoms with Crippen LogP contribution in [0.2, 0.25) is 0 Å². The summed E-state index contributed by atoms with van der Waals surface area (Å²) in [5.74, 6) is 1.52. The van der Waals surface area contributed by atoms with Crippen LogP contribution in [0.1, 0.15) is 69.9 Å². The Balaban J connectivity index is 1.08. The number of nitrogens with zero attached hydrogens (tertiary/aromatic N) is 5. The maximum absolute atomic E-state index is 4.81. The molecule has 0 atom stereocenters. The number of anilines is 2. The van der Waals surface area contributed by atoms with Gasteiger partial charge in [0.05, 0.1) is 18.3 Å². The van der Waals surface area contributed by atoms with Crippen molar-refractivity contribution in [3.05, 3.63) is 36.2 Å². The molecule has 36 heavy (non-hydrogen) atoms. The van der Waals surface area contributed by atoms with Crippen LogP contribution in [0.3, 0.4) is 0 Å². The van der Waals surface area contributed by atoms with Gasteiger partial charge in [0.25, 0.3) is 0 Å². The summed E-state index contributed by atoms with van der Waals surface area (Å²) >= 11 is 0. The van der Waals surface area contributed by atoms with Gasteiger partial charge in [0.15, 0.2) is 0 Å². The number of piperidine rings is 1. The zero-order valence-electron chi connectivity index (χ0n) is 21.4. The van der Waals surface area contributed by atoms with Gasteiger partial charge in [-0.3, -0.25) is 4.68 Å². The number of rotatable bonds is 12. The highest BCUT2D eigenvalue weighted by molar-refractivity contribution is 5.90. The van der Waals surface area contributed by atoms with Crippen molar-refractivity contribution in [1.82, 2.24) is 35.6 Å². The van der Waals surface area contributed by atoms with Crippen LogP contribution in [0.15, 0.2) is 30.5 Å². The number of unbranched alkanes of at least 4 members (excludes halogenated alkanes) is 2. The van der Waals surface area contributed by atoms with Crippen molar-refractivity contribution < 1.29 is 0 Å². The fourth-order valence-corrected chi connectivity index (χ4v) is 5.31. The molecule has 3 heterocycles. The Kier molecular flexibility index (Phi) is 8.96. The van der Waals surface area contributed by atoms with Gasteiger partial charge in [0.1, 0.15) is 11.5 Å². The lowest BCUT2D eigenvalue weighted by molar-refractivity contribution is 0.369. The first-order valence-electron chi connectivity index (χ1n) is 13.9. The molecule has 0 bridgehead atoms. The fourth-order valence-electron chi connectivity index (χ4n) is 5.31. The molecule has 3 aromatic rings. The maximum Gasteiger partial charge on any atom is 0.225 e. The third kappa shape index (κ3) is 7.13. The van der Waals surface area contributed by atoms with Gasteiger partial charge in [-0.05, 0) is 70.3 Å². The van der Waals surface area contributed by atoms with Gasteiger partial charge >= 0.3 is 0 Å². The minimum absolute atomic E-state index is 0.431. The number of aromatic nitrogens is 5. The normalized spacial score (nSPS) is 17.4. The molecule has 2 aromatic heterocycles. The fraction of sp³-hybridized carbons (Fsp3) is 0.630. The molecule has 0 unspecified atom stereocenters. The summed E-state index contributed by atoms with van der Waals surface area (Å²) in [6.07, 6.45) is 14.7. The van der Waals surface area contributed by atoms with E-state index in [1.165, 1.54) is 44.9 Å². The Morgan fingerprint density at radius 2 is 1.78 bits per heavy atom. The molecule has 1 aliphatic heterocycles. The van der Waals surface area contributed by atoms with Gasteiger partial charge in [-0.2, -0.15) is 4.98 Å². The van der Waals surface area contributed by atoms with Crippen LogP contribution in [0.4, 0.5) is 11.8 Å². The first kappa shape index (κ1) is 24.9. The standard InChI is InChI=1S/C27H41N9/c1-3-9-21(10-4-1)29-15-7-2-8-18-36-20-23(34-35-36)19-30-27-32-25-12-6-5-11-24(25)26(33-27)31-22-13-16-28-17-14-22/h5-6,11-12,20-22,28-29H,1-4,7-10,13-19H2,(H2,30,31,32,33). The molecule has 4 N–H and O–H groups in total. The summed E-state index contributed by atoms with van der Waals surface area (Å²) < 4.78 is 1.96. The number of hydrogen-bond acceptors (Lipinski definition) is 8. The van der Waals surface area contributed by atoms with Gasteiger partial charge in [0.2, 0.25) is 5.95 Å². The molecule has 1 aliphatic carbocycles. The molecule has 5 rings (SSSR count). The topological polar surface area (TPSA) is 105 Å². The molecule has 9 heteroatoms. The van der Waals surface area contributed by atoms with Crippen LogP contribution < -0.4 is 21.3 Å². The Morgan fingerprint density at radius 3 is 2.67 bits per heavy atom. The van der Waals surface area contributed by atoms with Gasteiger partial charge in [-0.25, -0.2) is 4.98 Å². The van der Waals surface area contributed by atoms with E-state index in [0.29, 0.717) is 18.5 Å². The number of fused-ring (bicyclic) bond motifs is 1.